The first-order valence-corrected chi connectivity index (χ1v) is 27.2. The van der Waals surface area contributed by atoms with Gasteiger partial charge in [0.2, 0.25) is 0 Å². The summed E-state index contributed by atoms with van der Waals surface area (Å²) in [5.41, 5.74) is 26.9. The lowest BCUT2D eigenvalue weighted by molar-refractivity contribution is 0.567. The summed E-state index contributed by atoms with van der Waals surface area (Å²) in [7, 11) is 0. The lowest BCUT2D eigenvalue weighted by atomic mass is 9.64. The van der Waals surface area contributed by atoms with Gasteiger partial charge in [0.1, 0.15) is 0 Å². The minimum absolute atomic E-state index is 0.0473. The minimum Gasteiger partial charge on any atom is -0.0682 e. The third-order valence-corrected chi connectivity index (χ3v) is 17.1. The van der Waals surface area contributed by atoms with Gasteiger partial charge in [-0.25, -0.2) is 0 Å². The van der Waals surface area contributed by atoms with Crippen molar-refractivity contribution in [3.05, 3.63) is 225 Å². The number of hydrogen-bond donors (Lipinski definition) is 0. The fourth-order valence-corrected chi connectivity index (χ4v) is 13.2. The van der Waals surface area contributed by atoms with Gasteiger partial charge in [-0.3, -0.25) is 0 Å². The smallest absolute Gasteiger partial charge is 0.0144 e. The molecular weight excluding hydrogens is 889 g/mol. The van der Waals surface area contributed by atoms with Gasteiger partial charge in [-0.05, 0) is 165 Å². The molecule has 4 aliphatic rings. The lowest BCUT2D eigenvalue weighted by Gasteiger charge is -2.39. The molecule has 0 heterocycles. The van der Waals surface area contributed by atoms with E-state index in [-0.39, 0.29) is 33.5 Å². The van der Waals surface area contributed by atoms with Gasteiger partial charge < -0.3 is 0 Å². The summed E-state index contributed by atoms with van der Waals surface area (Å²) >= 11 is 0. The maximum absolute atomic E-state index is 2.65. The van der Waals surface area contributed by atoms with Crippen LogP contribution in [0.4, 0.5) is 0 Å². The zero-order chi connectivity index (χ0) is 51.4. The summed E-state index contributed by atoms with van der Waals surface area (Å²) in [6.45, 7) is 28.6. The van der Waals surface area contributed by atoms with Crippen molar-refractivity contribution in [3.8, 4) is 44.5 Å². The van der Waals surface area contributed by atoms with E-state index in [2.05, 4.69) is 265 Å². The second kappa shape index (κ2) is 16.1. The van der Waals surface area contributed by atoms with Crippen LogP contribution in [0.3, 0.4) is 0 Å². The van der Waals surface area contributed by atoms with E-state index in [1.54, 1.807) is 0 Å². The number of allylic oxidation sites excluding steroid dienone is 4. The van der Waals surface area contributed by atoms with E-state index in [0.29, 0.717) is 0 Å². The first-order valence-electron chi connectivity index (χ1n) is 27.2. The van der Waals surface area contributed by atoms with Gasteiger partial charge in [0.05, 0.1) is 0 Å². The summed E-state index contributed by atoms with van der Waals surface area (Å²) in [5.74, 6) is 0.173. The van der Waals surface area contributed by atoms with Crippen LogP contribution in [0.5, 0.6) is 0 Å². The largest absolute Gasteiger partial charge is 0.0682 e. The molecule has 0 nitrogen and oxygen atoms in total. The Morgan fingerprint density at radius 1 is 0.284 bits per heavy atom. The summed E-state index contributed by atoms with van der Waals surface area (Å²) in [6, 6.07) is 66.0. The average Bonchev–Trinajstić information content (AvgIpc) is 3.94. The van der Waals surface area contributed by atoms with Crippen LogP contribution in [0.1, 0.15) is 128 Å². The van der Waals surface area contributed by atoms with E-state index in [4.69, 9.17) is 0 Å². The van der Waals surface area contributed by atoms with Gasteiger partial charge in [-0.2, -0.15) is 0 Å². The van der Waals surface area contributed by atoms with Crippen LogP contribution in [0, 0.1) is 11.8 Å². The van der Waals surface area contributed by atoms with Crippen LogP contribution < -0.4 is 10.4 Å². The highest BCUT2D eigenvalue weighted by Gasteiger charge is 2.44. The molecule has 4 aliphatic carbocycles. The molecule has 0 N–H and O–H groups in total. The normalized spacial score (nSPS) is 16.8. The first kappa shape index (κ1) is 46.5. The maximum atomic E-state index is 2.65. The Morgan fingerprint density at radius 3 is 0.946 bits per heavy atom. The second-order valence-electron chi connectivity index (χ2n) is 26.0. The molecule has 2 unspecified atom stereocenters. The van der Waals surface area contributed by atoms with Gasteiger partial charge >= 0.3 is 0 Å². The molecule has 0 aromatic heterocycles. The van der Waals surface area contributed by atoms with Crippen LogP contribution >= 0.6 is 0 Å². The molecule has 9 aromatic carbocycles. The fourth-order valence-electron chi connectivity index (χ4n) is 13.2. The Labute approximate surface area is 439 Å². The van der Waals surface area contributed by atoms with E-state index in [1.165, 1.54) is 143 Å². The van der Waals surface area contributed by atoms with Gasteiger partial charge in [-0.15, -0.1) is 0 Å². The molecule has 0 saturated carbocycles. The molecule has 9 aromatic rings. The van der Waals surface area contributed by atoms with Crippen molar-refractivity contribution < 1.29 is 0 Å². The molecule has 74 heavy (non-hydrogen) atoms. The van der Waals surface area contributed by atoms with E-state index >= 15 is 0 Å². The predicted molar refractivity (Wildman–Crippen MR) is 320 cm³/mol. The summed E-state index contributed by atoms with van der Waals surface area (Å²) in [4.78, 5) is 0. The molecule has 0 amide bonds. The number of hydrogen-bond acceptors (Lipinski definition) is 0. The number of rotatable bonds is 4. The topological polar surface area (TPSA) is 0 Å². The molecule has 364 valence electrons. The monoisotopic (exact) mass is 957 g/mol. The Kier molecular flexibility index (Phi) is 10.1. The van der Waals surface area contributed by atoms with Crippen LogP contribution in [0.25, 0.3) is 100 Å². The summed E-state index contributed by atoms with van der Waals surface area (Å²) in [5, 5.41) is 7.98. The van der Waals surface area contributed by atoms with Crippen molar-refractivity contribution >= 4 is 56.0 Å². The van der Waals surface area contributed by atoms with Crippen LogP contribution in [-0.2, 0) is 21.7 Å². The van der Waals surface area contributed by atoms with Crippen molar-refractivity contribution in [1.29, 1.82) is 0 Å². The lowest BCUT2D eigenvalue weighted by Crippen LogP contribution is -2.35. The van der Waals surface area contributed by atoms with Gasteiger partial charge in [-0.1, -0.05) is 265 Å². The molecule has 0 aliphatic heterocycles. The highest BCUT2D eigenvalue weighted by atomic mass is 14.5. The van der Waals surface area contributed by atoms with Crippen molar-refractivity contribution in [2.75, 3.05) is 0 Å². The van der Waals surface area contributed by atoms with Crippen molar-refractivity contribution in [2.45, 2.75) is 105 Å². The number of fused-ring (bicyclic) bond motifs is 9. The van der Waals surface area contributed by atoms with Crippen LogP contribution in [-0.4, -0.2) is 0 Å². The van der Waals surface area contributed by atoms with Gasteiger partial charge in [0.15, 0.2) is 0 Å². The van der Waals surface area contributed by atoms with Crippen LogP contribution in [0.2, 0.25) is 0 Å². The maximum Gasteiger partial charge on any atom is 0.0144 e. The molecular formula is C74H68. The average molecular weight is 957 g/mol. The summed E-state index contributed by atoms with van der Waals surface area (Å²) in [6.07, 6.45) is 5.30. The molecule has 2 atom stereocenters. The Morgan fingerprint density at radius 2 is 0.595 bits per heavy atom. The molecule has 0 saturated heterocycles. The Hall–Kier alpha value is -7.28. The van der Waals surface area contributed by atoms with Crippen molar-refractivity contribution in [3.63, 3.8) is 0 Å². The van der Waals surface area contributed by atoms with Crippen molar-refractivity contribution in [2.24, 2.45) is 11.8 Å². The highest BCUT2D eigenvalue weighted by Crippen LogP contribution is 2.65. The molecule has 13 rings (SSSR count). The summed E-state index contributed by atoms with van der Waals surface area (Å²) < 4.78 is 0. The zero-order valence-electron chi connectivity index (χ0n) is 45.5. The second-order valence-corrected chi connectivity index (χ2v) is 26.0. The highest BCUT2D eigenvalue weighted by molar-refractivity contribution is 6.38. The molecule has 0 spiro atoms. The molecule has 0 fully saturated rings. The fraction of sp³-hybridized carbons (Fsp3) is 0.243. The van der Waals surface area contributed by atoms with E-state index in [1.807, 2.05) is 0 Å². The Balaban J connectivity index is 1.24. The minimum atomic E-state index is -0.0473. The molecule has 0 heteroatoms. The third kappa shape index (κ3) is 7.08. The predicted octanol–water partition coefficient (Wildman–Crippen LogP) is 18.5. The molecule has 0 bridgehead atoms. The first-order chi connectivity index (χ1) is 35.3. The van der Waals surface area contributed by atoms with E-state index in [0.717, 1.165) is 0 Å². The van der Waals surface area contributed by atoms with Gasteiger partial charge in [0.25, 0.3) is 0 Å². The third-order valence-electron chi connectivity index (χ3n) is 17.1. The van der Waals surface area contributed by atoms with E-state index < -0.39 is 0 Å². The zero-order valence-corrected chi connectivity index (χ0v) is 45.5. The van der Waals surface area contributed by atoms with Crippen molar-refractivity contribution in [1.82, 2.24) is 0 Å². The quantitative estimate of drug-likeness (QED) is 0.165. The molecule has 0 radical (unpaired) electrons. The number of benzene rings is 9. The SMILES string of the molecule is CC(C)(C)c1cc(C2=C3C(=C(c4cc(C(C)(C)C)cc(C(C)(C)C)c4)C4C=c5ccccc5=CC24)c2ccc4c5c(ccc3c25)-c2c-4c(-c3ccccc3)c3ccccc3c2-c2ccccc2)cc(C(C)(C)C)c1. The Bertz CT molecular complexity index is 3740. The van der Waals surface area contributed by atoms with E-state index in [9.17, 15) is 0 Å². The van der Waals surface area contributed by atoms with Gasteiger partial charge in [0, 0.05) is 11.8 Å². The van der Waals surface area contributed by atoms with Crippen LogP contribution in [0.15, 0.2) is 170 Å². The standard InChI is InChI=1S/C74H68/c1-71(2,3)49-35-47(36-50(41-49)72(4,5)6)63-59-39-45-27-19-20-28-46(45)40-60(59)64(48-37-51(73(7,8)9)42-52(38-48)74(10,11)12)70-58-34-32-56-65-55(31-33-57(66(58)65)69(63)70)67-61(43-23-15-13-16-24-43)53-29-21-22-30-54(53)62(68(56)67)44-25-17-14-18-26-44/h13-42,59-60H,1-12H3.